The average molecular weight is 357 g/mol. The van der Waals surface area contributed by atoms with Crippen molar-refractivity contribution in [2.45, 2.75) is 37.8 Å². The summed E-state index contributed by atoms with van der Waals surface area (Å²) in [4.78, 5) is 11.2. The standard InChI is InChI=1S/C21H24FNO3/c1-26-19-12-6-15(7-13-19)20(14-2-8-17(22)9-3-14)23-18-10-4-16(5-11-18)21(24)25/h2-3,6-9,12-13,16,18,20,23H,4-5,10-11H2,1H3,(H,24,25). The van der Waals surface area contributed by atoms with Crippen LogP contribution in [0.1, 0.15) is 42.9 Å². The van der Waals surface area contributed by atoms with Crippen LogP contribution in [0, 0.1) is 11.7 Å². The fourth-order valence-corrected chi connectivity index (χ4v) is 3.58. The number of halogens is 1. The molecule has 0 amide bonds. The predicted octanol–water partition coefficient (Wildman–Crippen LogP) is 4.16. The monoisotopic (exact) mass is 357 g/mol. The smallest absolute Gasteiger partial charge is 0.306 e. The summed E-state index contributed by atoms with van der Waals surface area (Å²) in [5.41, 5.74) is 2.05. The molecule has 1 aliphatic carbocycles. The molecule has 5 heteroatoms. The number of aliphatic carboxylic acids is 1. The summed E-state index contributed by atoms with van der Waals surface area (Å²) in [7, 11) is 1.63. The van der Waals surface area contributed by atoms with E-state index in [1.165, 1.54) is 12.1 Å². The van der Waals surface area contributed by atoms with Crippen LogP contribution in [-0.4, -0.2) is 24.2 Å². The van der Waals surface area contributed by atoms with Gasteiger partial charge < -0.3 is 15.2 Å². The first-order valence-corrected chi connectivity index (χ1v) is 8.95. The summed E-state index contributed by atoms with van der Waals surface area (Å²) >= 11 is 0. The number of methoxy groups -OCH3 is 1. The lowest BCUT2D eigenvalue weighted by Gasteiger charge is -2.31. The van der Waals surface area contributed by atoms with Crippen molar-refractivity contribution in [1.82, 2.24) is 5.32 Å². The van der Waals surface area contributed by atoms with E-state index in [9.17, 15) is 9.18 Å². The van der Waals surface area contributed by atoms with Gasteiger partial charge in [-0.25, -0.2) is 4.39 Å². The lowest BCUT2D eigenvalue weighted by atomic mass is 9.85. The molecule has 1 saturated carbocycles. The lowest BCUT2D eigenvalue weighted by Crippen LogP contribution is -2.37. The van der Waals surface area contributed by atoms with E-state index >= 15 is 0 Å². The molecule has 4 nitrogen and oxygen atoms in total. The molecule has 2 aromatic carbocycles. The lowest BCUT2D eigenvalue weighted by molar-refractivity contribution is -0.142. The van der Waals surface area contributed by atoms with E-state index in [0.29, 0.717) is 12.8 Å². The summed E-state index contributed by atoms with van der Waals surface area (Å²) in [5, 5.41) is 12.8. The molecule has 1 atom stereocenters. The Morgan fingerprint density at radius 2 is 1.58 bits per heavy atom. The van der Waals surface area contributed by atoms with Gasteiger partial charge in [0.25, 0.3) is 0 Å². The van der Waals surface area contributed by atoms with Crippen LogP contribution in [0.15, 0.2) is 48.5 Å². The van der Waals surface area contributed by atoms with Crippen molar-refractivity contribution < 1.29 is 19.0 Å². The highest BCUT2D eigenvalue weighted by atomic mass is 19.1. The van der Waals surface area contributed by atoms with Gasteiger partial charge in [-0.2, -0.15) is 0 Å². The third-order valence-corrected chi connectivity index (χ3v) is 5.13. The maximum Gasteiger partial charge on any atom is 0.306 e. The molecular weight excluding hydrogens is 333 g/mol. The molecule has 26 heavy (non-hydrogen) atoms. The maximum atomic E-state index is 13.3. The second-order valence-corrected chi connectivity index (χ2v) is 6.81. The van der Waals surface area contributed by atoms with Gasteiger partial charge >= 0.3 is 5.97 Å². The maximum absolute atomic E-state index is 13.3. The summed E-state index contributed by atoms with van der Waals surface area (Å²) in [6.07, 6.45) is 3.02. The Morgan fingerprint density at radius 3 is 2.08 bits per heavy atom. The minimum absolute atomic E-state index is 0.0760. The molecule has 0 saturated heterocycles. The molecule has 2 aromatic rings. The van der Waals surface area contributed by atoms with E-state index in [-0.39, 0.29) is 23.8 Å². The zero-order valence-electron chi connectivity index (χ0n) is 14.8. The summed E-state index contributed by atoms with van der Waals surface area (Å²) in [5.74, 6) is -0.412. The van der Waals surface area contributed by atoms with Crippen LogP contribution < -0.4 is 10.1 Å². The molecule has 1 aliphatic rings. The molecule has 2 N–H and O–H groups in total. The van der Waals surface area contributed by atoms with Crippen LogP contribution in [0.5, 0.6) is 5.75 Å². The highest BCUT2D eigenvalue weighted by Gasteiger charge is 2.28. The van der Waals surface area contributed by atoms with Gasteiger partial charge in [0, 0.05) is 6.04 Å². The Hall–Kier alpha value is -2.40. The molecule has 0 radical (unpaired) electrons. The first-order valence-electron chi connectivity index (χ1n) is 8.95. The third-order valence-electron chi connectivity index (χ3n) is 5.13. The molecule has 0 aliphatic heterocycles. The van der Waals surface area contributed by atoms with Crippen molar-refractivity contribution >= 4 is 5.97 Å². The van der Waals surface area contributed by atoms with Gasteiger partial charge in [0.2, 0.25) is 0 Å². The van der Waals surface area contributed by atoms with E-state index in [1.54, 1.807) is 19.2 Å². The van der Waals surface area contributed by atoms with Crippen molar-refractivity contribution in [1.29, 1.82) is 0 Å². The Morgan fingerprint density at radius 1 is 1.04 bits per heavy atom. The van der Waals surface area contributed by atoms with Gasteiger partial charge in [0.05, 0.1) is 19.1 Å². The van der Waals surface area contributed by atoms with Crippen LogP contribution in [0.2, 0.25) is 0 Å². The number of carboxylic acids is 1. The molecule has 0 heterocycles. The summed E-state index contributed by atoms with van der Waals surface area (Å²) in [6.45, 7) is 0. The van der Waals surface area contributed by atoms with Crippen LogP contribution in [0.3, 0.4) is 0 Å². The number of carboxylic acid groups (broad SMARTS) is 1. The molecular formula is C21H24FNO3. The first kappa shape index (κ1) is 18.4. The summed E-state index contributed by atoms with van der Waals surface area (Å²) < 4.78 is 18.6. The zero-order valence-corrected chi connectivity index (χ0v) is 14.8. The number of hydrogen-bond donors (Lipinski definition) is 2. The third kappa shape index (κ3) is 4.41. The molecule has 3 rings (SSSR count). The van der Waals surface area contributed by atoms with Crippen LogP contribution in [0.4, 0.5) is 4.39 Å². The van der Waals surface area contributed by atoms with E-state index in [0.717, 1.165) is 29.7 Å². The van der Waals surface area contributed by atoms with E-state index in [4.69, 9.17) is 9.84 Å². The van der Waals surface area contributed by atoms with Crippen molar-refractivity contribution in [3.63, 3.8) is 0 Å². The SMILES string of the molecule is COc1ccc(C(NC2CCC(C(=O)O)CC2)c2ccc(F)cc2)cc1. The van der Waals surface area contributed by atoms with Crippen molar-refractivity contribution in [2.75, 3.05) is 7.11 Å². The fourth-order valence-electron chi connectivity index (χ4n) is 3.58. The second kappa shape index (κ2) is 8.32. The van der Waals surface area contributed by atoms with Gasteiger partial charge in [-0.15, -0.1) is 0 Å². The predicted molar refractivity (Wildman–Crippen MR) is 97.8 cm³/mol. The fraction of sp³-hybridized carbons (Fsp3) is 0.381. The molecule has 0 aromatic heterocycles. The number of ether oxygens (including phenoxy) is 1. The summed E-state index contributed by atoms with van der Waals surface area (Å²) in [6, 6.07) is 14.5. The molecule has 138 valence electrons. The van der Waals surface area contributed by atoms with E-state index < -0.39 is 5.97 Å². The van der Waals surface area contributed by atoms with E-state index in [2.05, 4.69) is 5.32 Å². The van der Waals surface area contributed by atoms with Crippen molar-refractivity contribution in [3.8, 4) is 5.75 Å². The van der Waals surface area contributed by atoms with Crippen molar-refractivity contribution in [3.05, 3.63) is 65.5 Å². The minimum atomic E-state index is -0.700. The molecule has 0 bridgehead atoms. The Bertz CT molecular complexity index is 722. The second-order valence-electron chi connectivity index (χ2n) is 6.81. The number of hydrogen-bond acceptors (Lipinski definition) is 3. The highest BCUT2D eigenvalue weighted by molar-refractivity contribution is 5.70. The first-order chi connectivity index (χ1) is 12.6. The zero-order chi connectivity index (χ0) is 18.5. The van der Waals surface area contributed by atoms with Gasteiger partial charge in [0.15, 0.2) is 0 Å². The Balaban J connectivity index is 1.79. The molecule has 0 spiro atoms. The molecule has 1 fully saturated rings. The Labute approximate surface area is 153 Å². The minimum Gasteiger partial charge on any atom is -0.497 e. The normalized spacial score (nSPS) is 21.2. The number of benzene rings is 2. The van der Waals surface area contributed by atoms with Gasteiger partial charge in [0.1, 0.15) is 11.6 Å². The largest absolute Gasteiger partial charge is 0.497 e. The van der Waals surface area contributed by atoms with Gasteiger partial charge in [-0.3, -0.25) is 4.79 Å². The topological polar surface area (TPSA) is 58.6 Å². The van der Waals surface area contributed by atoms with Gasteiger partial charge in [-0.1, -0.05) is 24.3 Å². The average Bonchev–Trinajstić information content (AvgIpc) is 2.67. The van der Waals surface area contributed by atoms with Crippen LogP contribution in [0.25, 0.3) is 0 Å². The number of nitrogens with one attached hydrogen (secondary N) is 1. The quantitative estimate of drug-likeness (QED) is 0.815. The number of carbonyl (C=O) groups is 1. The Kier molecular flexibility index (Phi) is 5.89. The highest BCUT2D eigenvalue weighted by Crippen LogP contribution is 2.30. The van der Waals surface area contributed by atoms with Crippen LogP contribution >= 0.6 is 0 Å². The van der Waals surface area contributed by atoms with E-state index in [1.807, 2.05) is 24.3 Å². The van der Waals surface area contributed by atoms with Crippen molar-refractivity contribution in [2.24, 2.45) is 5.92 Å². The molecule has 1 unspecified atom stereocenters. The number of rotatable bonds is 6. The van der Waals surface area contributed by atoms with Crippen LogP contribution in [-0.2, 0) is 4.79 Å². The van der Waals surface area contributed by atoms with Gasteiger partial charge in [-0.05, 0) is 61.1 Å².